The molecule has 0 aliphatic heterocycles. The third kappa shape index (κ3) is 7.98. The van der Waals surface area contributed by atoms with Crippen LogP contribution in [0.1, 0.15) is 75.3 Å². The minimum Gasteiger partial charge on any atom is -0.497 e. The predicted octanol–water partition coefficient (Wildman–Crippen LogP) is 8.40. The van der Waals surface area contributed by atoms with Crippen molar-refractivity contribution in [2.45, 2.75) is 70.8 Å². The Kier molecular flexibility index (Phi) is 10.2. The Morgan fingerprint density at radius 1 is 0.974 bits per heavy atom. The molecule has 0 aromatic heterocycles. The number of rotatable bonds is 13. The summed E-state index contributed by atoms with van der Waals surface area (Å²) in [5.41, 5.74) is 3.00. The van der Waals surface area contributed by atoms with E-state index in [0.29, 0.717) is 47.5 Å². The number of methoxy groups -OCH3 is 1. The van der Waals surface area contributed by atoms with Crippen LogP contribution in [0.15, 0.2) is 60.7 Å². The van der Waals surface area contributed by atoms with Gasteiger partial charge < -0.3 is 19.3 Å². The van der Waals surface area contributed by atoms with Gasteiger partial charge in [0.15, 0.2) is 0 Å². The van der Waals surface area contributed by atoms with Crippen molar-refractivity contribution in [2.75, 3.05) is 13.7 Å². The van der Waals surface area contributed by atoms with Crippen molar-refractivity contribution in [3.8, 4) is 28.4 Å². The second-order valence-electron chi connectivity index (χ2n) is 10.4. The van der Waals surface area contributed by atoms with Crippen LogP contribution in [-0.2, 0) is 11.4 Å². The molecule has 6 heteroatoms. The van der Waals surface area contributed by atoms with Gasteiger partial charge in [-0.2, -0.15) is 0 Å². The number of halogens is 1. The van der Waals surface area contributed by atoms with Gasteiger partial charge in [0.1, 0.15) is 29.7 Å². The Hall–Kier alpha value is -3.54. The van der Waals surface area contributed by atoms with E-state index in [4.69, 9.17) is 14.2 Å². The van der Waals surface area contributed by atoms with Crippen molar-refractivity contribution >= 4 is 5.97 Å². The lowest BCUT2D eigenvalue weighted by molar-refractivity contribution is -0.137. The number of carboxylic acid groups (broad SMARTS) is 1. The average Bonchev–Trinajstić information content (AvgIpc) is 2.96. The topological polar surface area (TPSA) is 65.0 Å². The van der Waals surface area contributed by atoms with Crippen LogP contribution < -0.4 is 14.2 Å². The summed E-state index contributed by atoms with van der Waals surface area (Å²) in [7, 11) is 1.57. The summed E-state index contributed by atoms with van der Waals surface area (Å²) in [4.78, 5) is 11.4. The van der Waals surface area contributed by atoms with Gasteiger partial charge in [0.05, 0.1) is 20.1 Å². The molecule has 1 atom stereocenters. The first-order valence-electron chi connectivity index (χ1n) is 14.0. The Bertz CT molecular complexity index is 1230. The number of hydrogen-bond acceptors (Lipinski definition) is 4. The number of hydrogen-bond donors (Lipinski definition) is 1. The fourth-order valence-electron chi connectivity index (χ4n) is 5.37. The van der Waals surface area contributed by atoms with Gasteiger partial charge in [0.2, 0.25) is 0 Å². The molecule has 5 nitrogen and oxygen atoms in total. The summed E-state index contributed by atoms with van der Waals surface area (Å²) in [5.74, 6) is 1.23. The SMILES string of the molecule is CCC[C@@H](CC(=O)O)c1cccc(OCc2ccc(-c3cc(OC)ccc3F)c(OCC3CCCCC3)c2)c1. The van der Waals surface area contributed by atoms with E-state index < -0.39 is 5.97 Å². The first kappa shape index (κ1) is 28.5. The van der Waals surface area contributed by atoms with E-state index >= 15 is 0 Å². The zero-order chi connectivity index (χ0) is 27.6. The zero-order valence-electron chi connectivity index (χ0n) is 23.0. The molecule has 0 saturated heterocycles. The van der Waals surface area contributed by atoms with Gasteiger partial charge in [-0.1, -0.05) is 56.9 Å². The van der Waals surface area contributed by atoms with Gasteiger partial charge in [-0.25, -0.2) is 4.39 Å². The summed E-state index contributed by atoms with van der Waals surface area (Å²) >= 11 is 0. The van der Waals surface area contributed by atoms with Crippen LogP contribution in [0.4, 0.5) is 4.39 Å². The third-order valence-electron chi connectivity index (χ3n) is 7.50. The third-order valence-corrected chi connectivity index (χ3v) is 7.50. The molecule has 0 unspecified atom stereocenters. The summed E-state index contributed by atoms with van der Waals surface area (Å²) in [6, 6.07) is 18.2. The molecule has 1 aliphatic rings. The molecule has 39 heavy (non-hydrogen) atoms. The summed E-state index contributed by atoms with van der Waals surface area (Å²) in [6.07, 6.45) is 7.86. The lowest BCUT2D eigenvalue weighted by atomic mass is 9.90. The summed E-state index contributed by atoms with van der Waals surface area (Å²) < 4.78 is 32.7. The molecule has 0 amide bonds. The maximum atomic E-state index is 14.9. The number of benzene rings is 3. The molecular weight excluding hydrogens is 495 g/mol. The molecule has 0 spiro atoms. The van der Waals surface area contributed by atoms with Gasteiger partial charge in [0, 0.05) is 11.1 Å². The second-order valence-corrected chi connectivity index (χ2v) is 10.4. The molecule has 1 aliphatic carbocycles. The summed E-state index contributed by atoms with van der Waals surface area (Å²) in [5, 5.41) is 9.32. The van der Waals surface area contributed by atoms with E-state index in [0.717, 1.165) is 36.8 Å². The fourth-order valence-corrected chi connectivity index (χ4v) is 5.37. The number of carbonyl (C=O) groups is 1. The van der Waals surface area contributed by atoms with Crippen molar-refractivity contribution in [2.24, 2.45) is 5.92 Å². The normalized spacial score (nSPS) is 14.5. The molecule has 0 radical (unpaired) electrons. The van der Waals surface area contributed by atoms with Gasteiger partial charge in [-0.3, -0.25) is 4.79 Å². The maximum Gasteiger partial charge on any atom is 0.303 e. The Balaban J connectivity index is 1.55. The fraction of sp³-hybridized carbons (Fsp3) is 0.424. The molecule has 1 fully saturated rings. The van der Waals surface area contributed by atoms with Gasteiger partial charge in [0.25, 0.3) is 0 Å². The highest BCUT2D eigenvalue weighted by Crippen LogP contribution is 2.36. The minimum atomic E-state index is -0.798. The highest BCUT2D eigenvalue weighted by atomic mass is 19.1. The largest absolute Gasteiger partial charge is 0.497 e. The van der Waals surface area contributed by atoms with Crippen LogP contribution in [0.3, 0.4) is 0 Å². The van der Waals surface area contributed by atoms with Gasteiger partial charge >= 0.3 is 5.97 Å². The molecular formula is C33H39FO5. The molecule has 0 heterocycles. The van der Waals surface area contributed by atoms with E-state index in [1.807, 2.05) is 42.5 Å². The quantitative estimate of drug-likeness (QED) is 0.239. The number of aliphatic carboxylic acids is 1. The first-order valence-corrected chi connectivity index (χ1v) is 14.0. The van der Waals surface area contributed by atoms with Crippen molar-refractivity contribution in [3.05, 3.63) is 77.6 Å². The number of ether oxygens (including phenoxy) is 3. The molecule has 4 rings (SSSR count). The molecule has 1 saturated carbocycles. The van der Waals surface area contributed by atoms with E-state index in [-0.39, 0.29) is 18.2 Å². The van der Waals surface area contributed by atoms with Crippen molar-refractivity contribution in [1.29, 1.82) is 0 Å². The van der Waals surface area contributed by atoms with Gasteiger partial charge in [-0.05, 0) is 78.6 Å². The highest BCUT2D eigenvalue weighted by molar-refractivity contribution is 5.72. The van der Waals surface area contributed by atoms with E-state index in [1.165, 1.54) is 25.3 Å². The minimum absolute atomic E-state index is 0.0483. The Morgan fingerprint density at radius 2 is 1.79 bits per heavy atom. The van der Waals surface area contributed by atoms with Crippen LogP contribution in [0, 0.1) is 11.7 Å². The van der Waals surface area contributed by atoms with E-state index in [2.05, 4.69) is 6.92 Å². The lowest BCUT2D eigenvalue weighted by Crippen LogP contribution is -2.15. The Morgan fingerprint density at radius 3 is 2.54 bits per heavy atom. The van der Waals surface area contributed by atoms with Crippen molar-refractivity contribution in [1.82, 2.24) is 0 Å². The van der Waals surface area contributed by atoms with Crippen LogP contribution in [0.2, 0.25) is 0 Å². The Labute approximate surface area is 230 Å². The lowest BCUT2D eigenvalue weighted by Gasteiger charge is -2.23. The molecule has 1 N–H and O–H groups in total. The smallest absolute Gasteiger partial charge is 0.303 e. The molecule has 3 aromatic rings. The highest BCUT2D eigenvalue weighted by Gasteiger charge is 2.18. The first-order chi connectivity index (χ1) is 19.0. The van der Waals surface area contributed by atoms with Crippen LogP contribution >= 0.6 is 0 Å². The second kappa shape index (κ2) is 14.0. The van der Waals surface area contributed by atoms with E-state index in [1.54, 1.807) is 19.2 Å². The average molecular weight is 535 g/mol. The zero-order valence-corrected chi connectivity index (χ0v) is 23.0. The van der Waals surface area contributed by atoms with Crippen molar-refractivity contribution in [3.63, 3.8) is 0 Å². The van der Waals surface area contributed by atoms with Crippen LogP contribution in [0.5, 0.6) is 17.2 Å². The predicted molar refractivity (Wildman–Crippen MR) is 151 cm³/mol. The monoisotopic (exact) mass is 534 g/mol. The maximum absolute atomic E-state index is 14.9. The van der Waals surface area contributed by atoms with Crippen LogP contribution in [-0.4, -0.2) is 24.8 Å². The van der Waals surface area contributed by atoms with Crippen molar-refractivity contribution < 1.29 is 28.5 Å². The van der Waals surface area contributed by atoms with E-state index in [9.17, 15) is 14.3 Å². The van der Waals surface area contributed by atoms with Crippen LogP contribution in [0.25, 0.3) is 11.1 Å². The standard InChI is InChI=1S/C33H39FO5/c1-3-8-25(19-33(35)36)26-11-7-12-28(18-26)38-22-24-13-15-29(30-20-27(37-2)14-16-31(30)34)32(17-24)39-21-23-9-5-4-6-10-23/h7,11-18,20,23,25H,3-6,8-10,19,21-22H2,1-2H3,(H,35,36)/t25-/m0/s1. The van der Waals surface area contributed by atoms with Gasteiger partial charge in [-0.15, -0.1) is 0 Å². The molecule has 208 valence electrons. The molecule has 0 bridgehead atoms. The molecule has 3 aromatic carbocycles. The number of carboxylic acids is 1. The summed E-state index contributed by atoms with van der Waals surface area (Å²) in [6.45, 7) is 2.97.